The summed E-state index contributed by atoms with van der Waals surface area (Å²) < 4.78 is 52.8. The Morgan fingerprint density at radius 2 is 1.74 bits per heavy atom. The van der Waals surface area contributed by atoms with E-state index in [1.165, 1.54) is 34.7 Å². The predicted molar refractivity (Wildman–Crippen MR) is 155 cm³/mol. The van der Waals surface area contributed by atoms with Gasteiger partial charge in [-0.25, -0.2) is 21.8 Å². The number of aromatic nitrogens is 1. The number of carbonyl (C=O) groups is 1. The summed E-state index contributed by atoms with van der Waals surface area (Å²) in [6.45, 7) is 5.11. The van der Waals surface area contributed by atoms with E-state index >= 15 is 0 Å². The van der Waals surface area contributed by atoms with Crippen LogP contribution in [0.15, 0.2) is 53.4 Å². The number of aliphatic hydroxyl groups is 1. The lowest BCUT2D eigenvalue weighted by atomic mass is 10.00. The summed E-state index contributed by atoms with van der Waals surface area (Å²) in [7, 11) is -7.43. The second kappa shape index (κ2) is 12.7. The highest BCUT2D eigenvalue weighted by Crippen LogP contribution is 2.28. The molecule has 0 bridgehead atoms. The summed E-state index contributed by atoms with van der Waals surface area (Å²) in [6.07, 6.45) is -0.00313. The summed E-state index contributed by atoms with van der Waals surface area (Å²) in [4.78, 5) is 17.1. The molecule has 0 aliphatic rings. The molecule has 0 spiro atoms. The van der Waals surface area contributed by atoms with Gasteiger partial charge in [0, 0.05) is 25.3 Å². The van der Waals surface area contributed by atoms with Crippen molar-refractivity contribution in [3.63, 3.8) is 0 Å². The van der Waals surface area contributed by atoms with Crippen LogP contribution in [0.1, 0.15) is 26.3 Å². The van der Waals surface area contributed by atoms with Gasteiger partial charge in [-0.1, -0.05) is 62.4 Å². The third kappa shape index (κ3) is 8.70. The lowest BCUT2D eigenvalue weighted by Gasteiger charge is -2.31. The Kier molecular flexibility index (Phi) is 10.1. The van der Waals surface area contributed by atoms with E-state index in [0.717, 1.165) is 11.8 Å². The molecule has 214 valence electrons. The highest BCUT2D eigenvalue weighted by atomic mass is 32.2. The molecule has 10 nitrogen and oxygen atoms in total. The van der Waals surface area contributed by atoms with Gasteiger partial charge in [-0.2, -0.15) is 4.31 Å². The molecule has 1 aromatic heterocycles. The van der Waals surface area contributed by atoms with Crippen molar-refractivity contribution in [2.45, 2.75) is 44.2 Å². The number of sulfonamides is 1. The Hall–Kier alpha value is -2.58. The Balaban J connectivity index is 1.90. The number of carbonyl (C=O) groups excluding carboxylic acids is 1. The number of anilines is 1. The van der Waals surface area contributed by atoms with Crippen LogP contribution in [0, 0.1) is 11.8 Å². The fraction of sp³-hybridized carbons (Fsp3) is 0.462. The van der Waals surface area contributed by atoms with Gasteiger partial charge in [0.15, 0.2) is 5.13 Å². The minimum atomic E-state index is -4.03. The predicted octanol–water partition coefficient (Wildman–Crippen LogP) is 2.29. The Morgan fingerprint density at radius 3 is 2.36 bits per heavy atom. The van der Waals surface area contributed by atoms with Crippen LogP contribution in [0.2, 0.25) is 0 Å². The number of hydrogen-bond acceptors (Lipinski definition) is 9. The molecule has 0 saturated carbocycles. The van der Waals surface area contributed by atoms with E-state index in [-0.39, 0.29) is 36.1 Å². The Bertz CT molecular complexity index is 1490. The second-order valence-electron chi connectivity index (χ2n) is 10.3. The van der Waals surface area contributed by atoms with Crippen molar-refractivity contribution in [2.75, 3.05) is 30.8 Å². The number of nitrogen functional groups attached to an aromatic ring is 1. The van der Waals surface area contributed by atoms with Crippen LogP contribution in [0.3, 0.4) is 0 Å². The van der Waals surface area contributed by atoms with Gasteiger partial charge in [-0.15, -0.1) is 0 Å². The van der Waals surface area contributed by atoms with Crippen LogP contribution in [0.5, 0.6) is 0 Å². The van der Waals surface area contributed by atoms with E-state index in [1.807, 2.05) is 44.2 Å². The number of sulfone groups is 1. The maximum absolute atomic E-state index is 13.7. The Morgan fingerprint density at radius 1 is 1.08 bits per heavy atom. The molecule has 13 heteroatoms. The summed E-state index contributed by atoms with van der Waals surface area (Å²) in [5.41, 5.74) is 7.20. The lowest BCUT2D eigenvalue weighted by molar-refractivity contribution is -0.125. The van der Waals surface area contributed by atoms with Crippen LogP contribution in [-0.2, 0) is 31.1 Å². The van der Waals surface area contributed by atoms with E-state index in [2.05, 4.69) is 10.3 Å². The molecule has 1 amide bonds. The quantitative estimate of drug-likeness (QED) is 0.271. The zero-order chi connectivity index (χ0) is 29.0. The van der Waals surface area contributed by atoms with Crippen molar-refractivity contribution >= 4 is 52.5 Å². The summed E-state index contributed by atoms with van der Waals surface area (Å²) in [6, 6.07) is 12.9. The van der Waals surface area contributed by atoms with Crippen LogP contribution >= 0.6 is 11.3 Å². The number of rotatable bonds is 13. The van der Waals surface area contributed by atoms with Crippen LogP contribution in [-0.4, -0.2) is 74.4 Å². The number of nitrogens with zero attached hydrogens (tertiary/aromatic N) is 2. The fourth-order valence-corrected chi connectivity index (χ4v) is 7.81. The molecule has 39 heavy (non-hydrogen) atoms. The average Bonchev–Trinajstić information content (AvgIpc) is 3.21. The molecule has 0 fully saturated rings. The molecule has 0 radical (unpaired) electrons. The van der Waals surface area contributed by atoms with Crippen molar-refractivity contribution in [2.24, 2.45) is 11.8 Å². The van der Waals surface area contributed by atoms with E-state index in [9.17, 15) is 26.7 Å². The molecule has 3 aromatic rings. The van der Waals surface area contributed by atoms with Crippen molar-refractivity contribution in [3.8, 4) is 0 Å². The van der Waals surface area contributed by atoms with Gasteiger partial charge < -0.3 is 16.2 Å². The molecule has 0 aliphatic carbocycles. The van der Waals surface area contributed by atoms with E-state index < -0.39 is 43.8 Å². The van der Waals surface area contributed by atoms with Crippen LogP contribution < -0.4 is 11.1 Å². The van der Waals surface area contributed by atoms with Crippen LogP contribution in [0.25, 0.3) is 10.2 Å². The largest absolute Gasteiger partial charge is 0.390 e. The third-order valence-corrected chi connectivity index (χ3v) is 9.85. The molecule has 3 atom stereocenters. The van der Waals surface area contributed by atoms with Crippen LogP contribution in [0.4, 0.5) is 5.13 Å². The van der Waals surface area contributed by atoms with Gasteiger partial charge in [0.1, 0.15) is 9.84 Å². The molecule has 0 unspecified atom stereocenters. The maximum atomic E-state index is 13.7. The second-order valence-corrected chi connectivity index (χ2v) is 15.4. The third-order valence-electron chi connectivity index (χ3n) is 6.06. The van der Waals surface area contributed by atoms with E-state index in [4.69, 9.17) is 5.73 Å². The minimum absolute atomic E-state index is 0.0493. The standard InChI is InChI=1S/C26H36N4O6S3/c1-17(2)14-30(39(35,36)20-10-11-21-24(13-20)37-26(27)29-21)15-23(31)22(12-19-8-6-5-7-9-19)28-25(32)18(3)16-38(4,33)34/h5-11,13,17-18,22-23,31H,12,14-16H2,1-4H3,(H2,27,29)(H,28,32)/t18-,22+,23-/m1/s1. The molecule has 2 aromatic carbocycles. The number of aliphatic hydroxyl groups excluding tert-OH is 1. The zero-order valence-corrected chi connectivity index (χ0v) is 24.9. The Labute approximate surface area is 234 Å². The van der Waals surface area contributed by atoms with Gasteiger partial charge in [0.25, 0.3) is 0 Å². The summed E-state index contributed by atoms with van der Waals surface area (Å²) in [5, 5.41) is 14.4. The molecule has 4 N–H and O–H groups in total. The first-order chi connectivity index (χ1) is 18.2. The minimum Gasteiger partial charge on any atom is -0.390 e. The molecule has 1 heterocycles. The SMILES string of the molecule is CC(C)CN(C[C@@H](O)[C@H](Cc1ccccc1)NC(=O)[C@H](C)CS(C)(=O)=O)S(=O)(=O)c1ccc2nc(N)sc2c1. The zero-order valence-electron chi connectivity index (χ0n) is 22.4. The average molecular weight is 597 g/mol. The number of hydrogen-bond donors (Lipinski definition) is 3. The first-order valence-corrected chi connectivity index (χ1v) is 16.8. The number of thiazole rings is 1. The summed E-state index contributed by atoms with van der Waals surface area (Å²) in [5.74, 6) is -1.77. The number of fused-ring (bicyclic) bond motifs is 1. The van der Waals surface area contributed by atoms with E-state index in [1.54, 1.807) is 6.07 Å². The van der Waals surface area contributed by atoms with Crippen molar-refractivity contribution in [1.82, 2.24) is 14.6 Å². The van der Waals surface area contributed by atoms with Gasteiger partial charge in [-0.3, -0.25) is 4.79 Å². The highest BCUT2D eigenvalue weighted by molar-refractivity contribution is 7.90. The smallest absolute Gasteiger partial charge is 0.243 e. The molecular formula is C26H36N4O6S3. The molecular weight excluding hydrogens is 561 g/mol. The molecule has 3 rings (SSSR count). The van der Waals surface area contributed by atoms with Crippen molar-refractivity contribution in [1.29, 1.82) is 0 Å². The summed E-state index contributed by atoms with van der Waals surface area (Å²) >= 11 is 1.19. The van der Waals surface area contributed by atoms with Gasteiger partial charge in [-0.05, 0) is 36.1 Å². The first-order valence-electron chi connectivity index (χ1n) is 12.5. The molecule has 0 aliphatic heterocycles. The number of nitrogens with one attached hydrogen (secondary N) is 1. The normalized spacial score (nSPS) is 14.9. The molecule has 0 saturated heterocycles. The maximum Gasteiger partial charge on any atom is 0.243 e. The van der Waals surface area contributed by atoms with Gasteiger partial charge in [0.05, 0.1) is 33.0 Å². The van der Waals surface area contributed by atoms with Crippen molar-refractivity contribution in [3.05, 3.63) is 54.1 Å². The lowest BCUT2D eigenvalue weighted by Crippen LogP contribution is -2.52. The van der Waals surface area contributed by atoms with Crippen molar-refractivity contribution < 1.29 is 26.7 Å². The highest BCUT2D eigenvalue weighted by Gasteiger charge is 2.32. The van der Waals surface area contributed by atoms with E-state index in [0.29, 0.717) is 15.3 Å². The van der Waals surface area contributed by atoms with Gasteiger partial charge >= 0.3 is 0 Å². The fourth-order valence-electron chi connectivity index (χ4n) is 4.25. The number of amides is 1. The first kappa shape index (κ1) is 31.0. The number of benzene rings is 2. The van der Waals surface area contributed by atoms with Gasteiger partial charge in [0.2, 0.25) is 15.9 Å². The monoisotopic (exact) mass is 596 g/mol. The number of nitrogens with two attached hydrogens (primary N) is 1. The topological polar surface area (TPSA) is 160 Å².